The SMILES string of the molecule is COC(=O)CC1CCc2ccc(OCc3ccc(-c4cc(OC)ccc4F)c(C4=CCCC4(C)C)c3)cc21. The molecule has 0 saturated carbocycles. The van der Waals surface area contributed by atoms with E-state index < -0.39 is 0 Å². The lowest BCUT2D eigenvalue weighted by Crippen LogP contribution is -2.10. The minimum atomic E-state index is -0.271. The summed E-state index contributed by atoms with van der Waals surface area (Å²) >= 11 is 0. The number of halogens is 1. The van der Waals surface area contributed by atoms with Gasteiger partial charge in [0.25, 0.3) is 0 Å². The monoisotopic (exact) mass is 514 g/mol. The van der Waals surface area contributed by atoms with Gasteiger partial charge in [-0.3, -0.25) is 4.79 Å². The van der Waals surface area contributed by atoms with E-state index in [0.29, 0.717) is 24.3 Å². The molecule has 0 bridgehead atoms. The molecule has 2 aliphatic carbocycles. The molecule has 1 atom stereocenters. The third-order valence-electron chi connectivity index (χ3n) is 8.05. The van der Waals surface area contributed by atoms with Crippen molar-refractivity contribution < 1.29 is 23.4 Å². The number of benzene rings is 3. The molecule has 198 valence electrons. The van der Waals surface area contributed by atoms with Gasteiger partial charge in [-0.25, -0.2) is 4.39 Å². The van der Waals surface area contributed by atoms with E-state index in [1.165, 1.54) is 29.9 Å². The van der Waals surface area contributed by atoms with Crippen LogP contribution in [0.4, 0.5) is 4.39 Å². The van der Waals surface area contributed by atoms with Crippen LogP contribution in [0.3, 0.4) is 0 Å². The van der Waals surface area contributed by atoms with Crippen molar-refractivity contribution in [3.8, 4) is 22.6 Å². The number of ether oxygens (including phenoxy) is 3. The predicted octanol–water partition coefficient (Wildman–Crippen LogP) is 7.88. The second kappa shape index (κ2) is 10.6. The van der Waals surface area contributed by atoms with Crippen LogP contribution in [0, 0.1) is 11.2 Å². The van der Waals surface area contributed by atoms with Gasteiger partial charge in [0, 0.05) is 5.56 Å². The largest absolute Gasteiger partial charge is 0.497 e. The molecule has 0 aromatic heterocycles. The number of hydrogen-bond acceptors (Lipinski definition) is 4. The third-order valence-corrected chi connectivity index (χ3v) is 8.05. The van der Waals surface area contributed by atoms with Crippen molar-refractivity contribution in [2.75, 3.05) is 14.2 Å². The molecule has 5 rings (SSSR count). The molecule has 2 aliphatic rings. The van der Waals surface area contributed by atoms with Crippen molar-refractivity contribution in [2.24, 2.45) is 5.41 Å². The second-order valence-corrected chi connectivity index (χ2v) is 10.9. The standard InChI is InChI=1S/C33H35FO4/c1-33(2)15-5-6-30(33)28-16-21(7-13-26(28)29-18-24(36-3)12-14-31(29)34)20-38-25-11-10-22-8-9-23(27(22)19-25)17-32(35)37-4/h6-7,10-14,16,18-19,23H,5,8-9,15,17,20H2,1-4H3. The Labute approximate surface area is 224 Å². The predicted molar refractivity (Wildman–Crippen MR) is 148 cm³/mol. The van der Waals surface area contributed by atoms with Gasteiger partial charge in [0.05, 0.1) is 20.6 Å². The number of carbonyl (C=O) groups is 1. The van der Waals surface area contributed by atoms with E-state index in [9.17, 15) is 4.79 Å². The lowest BCUT2D eigenvalue weighted by Gasteiger charge is -2.25. The highest BCUT2D eigenvalue weighted by Crippen LogP contribution is 2.47. The molecule has 1 unspecified atom stereocenters. The Kier molecular flexibility index (Phi) is 7.29. The topological polar surface area (TPSA) is 44.8 Å². The first-order valence-electron chi connectivity index (χ1n) is 13.3. The van der Waals surface area contributed by atoms with Crippen LogP contribution in [0.25, 0.3) is 16.7 Å². The number of methoxy groups -OCH3 is 2. The number of hydrogen-bond donors (Lipinski definition) is 0. The molecule has 38 heavy (non-hydrogen) atoms. The molecule has 3 aromatic rings. The molecular formula is C33H35FO4. The maximum absolute atomic E-state index is 15.0. The molecular weight excluding hydrogens is 479 g/mol. The van der Waals surface area contributed by atoms with E-state index >= 15 is 4.39 Å². The summed E-state index contributed by atoms with van der Waals surface area (Å²) in [5, 5.41) is 0. The molecule has 0 heterocycles. The van der Waals surface area contributed by atoms with Gasteiger partial charge in [-0.2, -0.15) is 0 Å². The van der Waals surface area contributed by atoms with Crippen LogP contribution >= 0.6 is 0 Å². The summed E-state index contributed by atoms with van der Waals surface area (Å²) in [5.74, 6) is 1.12. The highest BCUT2D eigenvalue weighted by Gasteiger charge is 2.30. The van der Waals surface area contributed by atoms with Crippen molar-refractivity contribution in [3.05, 3.63) is 88.7 Å². The van der Waals surface area contributed by atoms with Crippen LogP contribution in [0.15, 0.2) is 60.7 Å². The van der Waals surface area contributed by atoms with E-state index in [1.54, 1.807) is 19.2 Å². The zero-order valence-corrected chi connectivity index (χ0v) is 22.6. The van der Waals surface area contributed by atoms with Crippen LogP contribution in [-0.4, -0.2) is 20.2 Å². The maximum atomic E-state index is 15.0. The minimum Gasteiger partial charge on any atom is -0.497 e. The smallest absolute Gasteiger partial charge is 0.306 e. The Bertz CT molecular complexity index is 1390. The molecule has 0 N–H and O–H groups in total. The second-order valence-electron chi connectivity index (χ2n) is 10.9. The third kappa shape index (κ3) is 5.20. The Hall–Kier alpha value is -3.60. The highest BCUT2D eigenvalue weighted by atomic mass is 19.1. The van der Waals surface area contributed by atoms with Crippen LogP contribution in [0.5, 0.6) is 11.5 Å². The van der Waals surface area contributed by atoms with Gasteiger partial charge >= 0.3 is 5.97 Å². The van der Waals surface area contributed by atoms with Crippen LogP contribution in [0.1, 0.15) is 67.7 Å². The fourth-order valence-corrected chi connectivity index (χ4v) is 5.86. The fourth-order valence-electron chi connectivity index (χ4n) is 5.86. The Morgan fingerprint density at radius 1 is 0.974 bits per heavy atom. The summed E-state index contributed by atoms with van der Waals surface area (Å²) in [7, 11) is 3.03. The Morgan fingerprint density at radius 2 is 1.79 bits per heavy atom. The molecule has 5 heteroatoms. The van der Waals surface area contributed by atoms with Crippen molar-refractivity contribution in [1.82, 2.24) is 0 Å². The lowest BCUT2D eigenvalue weighted by atomic mass is 9.79. The quantitative estimate of drug-likeness (QED) is 0.287. The summed E-state index contributed by atoms with van der Waals surface area (Å²) in [5.41, 5.74) is 7.12. The number of carbonyl (C=O) groups excluding carboxylic acids is 1. The molecule has 0 saturated heterocycles. The molecule has 3 aromatic carbocycles. The highest BCUT2D eigenvalue weighted by molar-refractivity contribution is 5.85. The van der Waals surface area contributed by atoms with Crippen LogP contribution in [0.2, 0.25) is 0 Å². The van der Waals surface area contributed by atoms with Crippen molar-refractivity contribution in [3.63, 3.8) is 0 Å². The summed E-state index contributed by atoms with van der Waals surface area (Å²) in [6.07, 6.45) is 6.65. The maximum Gasteiger partial charge on any atom is 0.306 e. The van der Waals surface area contributed by atoms with Crippen molar-refractivity contribution in [2.45, 2.75) is 58.5 Å². The van der Waals surface area contributed by atoms with Crippen LogP contribution < -0.4 is 9.47 Å². The van der Waals surface area contributed by atoms with Gasteiger partial charge < -0.3 is 14.2 Å². The average Bonchev–Trinajstić information content (AvgIpc) is 3.49. The first kappa shape index (κ1) is 26.0. The van der Waals surface area contributed by atoms with Crippen molar-refractivity contribution >= 4 is 11.5 Å². The van der Waals surface area contributed by atoms with E-state index in [4.69, 9.17) is 14.2 Å². The first-order chi connectivity index (χ1) is 18.3. The molecule has 0 radical (unpaired) electrons. The molecule has 0 fully saturated rings. The zero-order chi connectivity index (χ0) is 26.9. The lowest BCUT2D eigenvalue weighted by molar-refractivity contribution is -0.141. The van der Waals surface area contributed by atoms with E-state index in [2.05, 4.69) is 38.1 Å². The molecule has 0 spiro atoms. The summed E-state index contributed by atoms with van der Waals surface area (Å²) in [6, 6.07) is 17.2. The van der Waals surface area contributed by atoms with E-state index in [-0.39, 0.29) is 23.1 Å². The Morgan fingerprint density at radius 3 is 2.53 bits per heavy atom. The average molecular weight is 515 g/mol. The number of rotatable bonds is 8. The number of fused-ring (bicyclic) bond motifs is 1. The first-order valence-corrected chi connectivity index (χ1v) is 13.3. The zero-order valence-electron chi connectivity index (χ0n) is 22.6. The van der Waals surface area contributed by atoms with Gasteiger partial charge in [0.1, 0.15) is 23.9 Å². The number of esters is 1. The Balaban J connectivity index is 1.44. The molecule has 4 nitrogen and oxygen atoms in total. The number of allylic oxidation sites excluding steroid dienone is 2. The van der Waals surface area contributed by atoms with Gasteiger partial charge in [-0.15, -0.1) is 0 Å². The fraction of sp³-hybridized carbons (Fsp3) is 0.364. The minimum absolute atomic E-state index is 0.00178. The van der Waals surface area contributed by atoms with Gasteiger partial charge in [-0.1, -0.05) is 38.1 Å². The van der Waals surface area contributed by atoms with E-state index in [1.807, 2.05) is 18.2 Å². The summed E-state index contributed by atoms with van der Waals surface area (Å²) < 4.78 is 31.6. The van der Waals surface area contributed by atoms with Crippen LogP contribution in [-0.2, 0) is 22.6 Å². The van der Waals surface area contributed by atoms with Crippen molar-refractivity contribution in [1.29, 1.82) is 0 Å². The van der Waals surface area contributed by atoms with E-state index in [0.717, 1.165) is 48.1 Å². The normalized spacial score (nSPS) is 17.6. The molecule has 0 amide bonds. The number of aryl methyl sites for hydroxylation is 1. The van der Waals surface area contributed by atoms with Gasteiger partial charge in [0.15, 0.2) is 0 Å². The summed E-state index contributed by atoms with van der Waals surface area (Å²) in [6.45, 7) is 4.88. The molecule has 0 aliphatic heterocycles. The summed E-state index contributed by atoms with van der Waals surface area (Å²) in [4.78, 5) is 11.9. The van der Waals surface area contributed by atoms with Gasteiger partial charge in [-0.05, 0) is 107 Å². The van der Waals surface area contributed by atoms with Gasteiger partial charge in [0.2, 0.25) is 0 Å².